The lowest BCUT2D eigenvalue weighted by Crippen LogP contribution is -2.25. The van der Waals surface area contributed by atoms with Crippen LogP contribution < -0.4 is 9.64 Å². The number of H-pyrrole nitrogens is 1. The largest absolute Gasteiger partial charge is 0.478 e. The van der Waals surface area contributed by atoms with E-state index in [1.807, 2.05) is 18.7 Å². The first-order valence-electron chi connectivity index (χ1n) is 11.6. The van der Waals surface area contributed by atoms with Crippen LogP contribution in [0.15, 0.2) is 48.5 Å². The standard InChI is InChI=1S/C27H27F2N3O3/c1-4-10-32(11-5-2)17-12-20(28)26(21(29)13-17)23-9-8-22-24(30-23)15-25(31-22)35-18-7-6-16(3)19(14-18)27(33)34/h6-9,12-15,31H,4-5,10-11H2,1-3H3,(H,33,34). The minimum atomic E-state index is -1.04. The molecule has 0 bridgehead atoms. The van der Waals surface area contributed by atoms with Crippen molar-refractivity contribution in [1.82, 2.24) is 9.97 Å². The number of carboxylic acids is 1. The van der Waals surface area contributed by atoms with E-state index in [-0.39, 0.29) is 16.8 Å². The van der Waals surface area contributed by atoms with E-state index >= 15 is 8.78 Å². The van der Waals surface area contributed by atoms with Crippen LogP contribution in [-0.4, -0.2) is 34.1 Å². The molecule has 182 valence electrons. The Morgan fingerprint density at radius 3 is 2.34 bits per heavy atom. The number of rotatable bonds is 9. The third-order valence-corrected chi connectivity index (χ3v) is 5.75. The number of ether oxygens (including phenoxy) is 1. The predicted octanol–water partition coefficient (Wildman–Crippen LogP) is 6.93. The average molecular weight is 480 g/mol. The second-order valence-corrected chi connectivity index (χ2v) is 8.42. The van der Waals surface area contributed by atoms with Gasteiger partial charge in [0.2, 0.25) is 0 Å². The van der Waals surface area contributed by atoms with Gasteiger partial charge in [0.25, 0.3) is 0 Å². The van der Waals surface area contributed by atoms with Crippen molar-refractivity contribution in [2.45, 2.75) is 33.6 Å². The highest BCUT2D eigenvalue weighted by molar-refractivity contribution is 5.89. The minimum Gasteiger partial charge on any atom is -0.478 e. The smallest absolute Gasteiger partial charge is 0.336 e. The zero-order valence-electron chi connectivity index (χ0n) is 19.9. The average Bonchev–Trinajstić information content (AvgIpc) is 3.21. The molecule has 6 nitrogen and oxygen atoms in total. The number of carboxylic acid groups (broad SMARTS) is 1. The summed E-state index contributed by atoms with van der Waals surface area (Å²) in [6, 6.07) is 12.3. The molecular weight excluding hydrogens is 452 g/mol. The number of fused-ring (bicyclic) bond motifs is 1. The lowest BCUT2D eigenvalue weighted by Gasteiger charge is -2.24. The number of nitrogens with one attached hydrogen (secondary N) is 1. The van der Waals surface area contributed by atoms with Crippen molar-refractivity contribution in [2.24, 2.45) is 0 Å². The molecule has 0 saturated carbocycles. The molecule has 2 aromatic heterocycles. The maximum Gasteiger partial charge on any atom is 0.336 e. The van der Waals surface area contributed by atoms with Gasteiger partial charge in [0.15, 0.2) is 5.88 Å². The molecule has 0 aliphatic heterocycles. The maximum atomic E-state index is 15.1. The van der Waals surface area contributed by atoms with Crippen molar-refractivity contribution in [2.75, 3.05) is 18.0 Å². The normalized spacial score (nSPS) is 11.1. The van der Waals surface area contributed by atoms with Gasteiger partial charge < -0.3 is 19.7 Å². The zero-order valence-corrected chi connectivity index (χ0v) is 19.9. The SMILES string of the molecule is CCCN(CCC)c1cc(F)c(-c2ccc3[nH]c(Oc4ccc(C)c(C(=O)O)c4)cc3n2)c(F)c1. The van der Waals surface area contributed by atoms with Crippen molar-refractivity contribution in [3.05, 3.63) is 71.3 Å². The Bertz CT molecular complexity index is 1350. The van der Waals surface area contributed by atoms with Crippen LogP contribution in [0, 0.1) is 18.6 Å². The zero-order chi connectivity index (χ0) is 25.1. The Morgan fingerprint density at radius 2 is 1.71 bits per heavy atom. The number of hydrogen-bond donors (Lipinski definition) is 2. The van der Waals surface area contributed by atoms with Crippen LogP contribution in [0.1, 0.15) is 42.6 Å². The summed E-state index contributed by atoms with van der Waals surface area (Å²) in [6.07, 6.45) is 1.75. The molecule has 0 aliphatic rings. The number of carbonyl (C=O) groups is 1. The second kappa shape index (κ2) is 10.1. The number of aromatic nitrogens is 2. The number of anilines is 1. The number of halogens is 2. The van der Waals surface area contributed by atoms with Gasteiger partial charge in [0.05, 0.1) is 27.9 Å². The lowest BCUT2D eigenvalue weighted by molar-refractivity contribution is 0.0695. The van der Waals surface area contributed by atoms with E-state index in [9.17, 15) is 9.90 Å². The molecule has 0 fully saturated rings. The quantitative estimate of drug-likeness (QED) is 0.272. The topological polar surface area (TPSA) is 78.5 Å². The number of benzene rings is 2. The summed E-state index contributed by atoms with van der Waals surface area (Å²) >= 11 is 0. The molecule has 4 aromatic rings. The summed E-state index contributed by atoms with van der Waals surface area (Å²) < 4.78 is 35.9. The number of aromatic amines is 1. The van der Waals surface area contributed by atoms with Gasteiger partial charge in [-0.2, -0.15) is 0 Å². The Balaban J connectivity index is 1.64. The van der Waals surface area contributed by atoms with Crippen LogP contribution in [0.4, 0.5) is 14.5 Å². The van der Waals surface area contributed by atoms with Crippen LogP contribution >= 0.6 is 0 Å². The summed E-state index contributed by atoms with van der Waals surface area (Å²) in [4.78, 5) is 20.8. The van der Waals surface area contributed by atoms with Crippen molar-refractivity contribution in [3.63, 3.8) is 0 Å². The highest BCUT2D eigenvalue weighted by Crippen LogP contribution is 2.32. The highest BCUT2D eigenvalue weighted by Gasteiger charge is 2.18. The second-order valence-electron chi connectivity index (χ2n) is 8.42. The van der Waals surface area contributed by atoms with Crippen molar-refractivity contribution in [3.8, 4) is 22.9 Å². The summed E-state index contributed by atoms with van der Waals surface area (Å²) in [5, 5.41) is 9.32. The molecule has 0 aliphatic carbocycles. The third-order valence-electron chi connectivity index (χ3n) is 5.75. The van der Waals surface area contributed by atoms with Gasteiger partial charge in [-0.05, 0) is 61.7 Å². The fraction of sp³-hybridized carbons (Fsp3) is 0.259. The van der Waals surface area contributed by atoms with Gasteiger partial charge in [0, 0.05) is 24.8 Å². The van der Waals surface area contributed by atoms with Crippen LogP contribution in [0.2, 0.25) is 0 Å². The van der Waals surface area contributed by atoms with E-state index in [4.69, 9.17) is 4.74 Å². The fourth-order valence-electron chi connectivity index (χ4n) is 4.10. The van der Waals surface area contributed by atoms with E-state index in [1.54, 1.807) is 37.3 Å². The van der Waals surface area contributed by atoms with Crippen LogP contribution in [0.5, 0.6) is 11.6 Å². The van der Waals surface area contributed by atoms with Crippen molar-refractivity contribution < 1.29 is 23.4 Å². The molecule has 0 saturated heterocycles. The molecule has 2 aromatic carbocycles. The predicted molar refractivity (Wildman–Crippen MR) is 132 cm³/mol. The van der Waals surface area contributed by atoms with Crippen LogP contribution in [-0.2, 0) is 0 Å². The minimum absolute atomic E-state index is 0.143. The van der Waals surface area contributed by atoms with Gasteiger partial charge in [-0.3, -0.25) is 0 Å². The van der Waals surface area contributed by atoms with E-state index in [1.165, 1.54) is 18.2 Å². The van der Waals surface area contributed by atoms with Crippen LogP contribution in [0.3, 0.4) is 0 Å². The first-order chi connectivity index (χ1) is 16.8. The van der Waals surface area contributed by atoms with Gasteiger partial charge >= 0.3 is 5.97 Å². The molecule has 8 heteroatoms. The number of nitrogens with zero attached hydrogens (tertiary/aromatic N) is 2. The molecule has 0 spiro atoms. The molecule has 0 radical (unpaired) electrons. The molecule has 0 unspecified atom stereocenters. The van der Waals surface area contributed by atoms with E-state index in [0.717, 1.165) is 25.9 Å². The molecule has 2 N–H and O–H groups in total. The van der Waals surface area contributed by atoms with Gasteiger partial charge in [-0.25, -0.2) is 18.6 Å². The van der Waals surface area contributed by atoms with Gasteiger partial charge in [0.1, 0.15) is 17.4 Å². The lowest BCUT2D eigenvalue weighted by atomic mass is 10.1. The molecule has 35 heavy (non-hydrogen) atoms. The molecule has 4 rings (SSSR count). The summed E-state index contributed by atoms with van der Waals surface area (Å²) in [5.41, 5.74) is 2.35. The molecule has 0 atom stereocenters. The van der Waals surface area contributed by atoms with E-state index < -0.39 is 17.6 Å². The molecule has 2 heterocycles. The number of aromatic carboxylic acids is 1. The third kappa shape index (κ3) is 5.11. The highest BCUT2D eigenvalue weighted by atomic mass is 19.1. The summed E-state index contributed by atoms with van der Waals surface area (Å²) in [5.74, 6) is -1.71. The van der Waals surface area contributed by atoms with Crippen molar-refractivity contribution >= 4 is 22.7 Å². The van der Waals surface area contributed by atoms with Gasteiger partial charge in [-0.1, -0.05) is 19.9 Å². The fourth-order valence-corrected chi connectivity index (χ4v) is 4.10. The Labute approximate surface area is 202 Å². The molecule has 0 amide bonds. The van der Waals surface area contributed by atoms with E-state index in [2.05, 4.69) is 9.97 Å². The first-order valence-corrected chi connectivity index (χ1v) is 11.6. The Hall–Kier alpha value is -3.94. The first kappa shape index (κ1) is 24.2. The maximum absolute atomic E-state index is 15.1. The number of pyridine rings is 1. The van der Waals surface area contributed by atoms with Crippen molar-refractivity contribution in [1.29, 1.82) is 0 Å². The monoisotopic (exact) mass is 479 g/mol. The number of hydrogen-bond acceptors (Lipinski definition) is 4. The Morgan fingerprint density at radius 1 is 1.03 bits per heavy atom. The summed E-state index contributed by atoms with van der Waals surface area (Å²) in [6.45, 7) is 7.20. The summed E-state index contributed by atoms with van der Waals surface area (Å²) in [7, 11) is 0. The Kier molecular flexibility index (Phi) is 7.00. The van der Waals surface area contributed by atoms with E-state index in [0.29, 0.717) is 33.9 Å². The number of aryl methyl sites for hydroxylation is 1. The van der Waals surface area contributed by atoms with Crippen LogP contribution in [0.25, 0.3) is 22.3 Å². The molecular formula is C27H27F2N3O3. The van der Waals surface area contributed by atoms with Gasteiger partial charge in [-0.15, -0.1) is 0 Å².